The Morgan fingerprint density at radius 1 is 1.00 bits per heavy atom. The van der Waals surface area contributed by atoms with E-state index >= 15 is 0 Å². The zero-order valence-corrected chi connectivity index (χ0v) is 16.0. The molecule has 2 aromatic rings. The zero-order valence-electron chi connectivity index (χ0n) is 16.0. The van der Waals surface area contributed by atoms with Crippen LogP contribution in [0.4, 0.5) is 10.2 Å². The number of hydrogen-bond donors (Lipinski definition) is 2. The summed E-state index contributed by atoms with van der Waals surface area (Å²) in [6.45, 7) is 5.39. The molecule has 0 aliphatic carbocycles. The number of likely N-dealkylation sites (N-methyl/N-ethyl adjacent to an activating group) is 1. The second kappa shape index (κ2) is 9.32. The molecule has 0 bridgehead atoms. The van der Waals surface area contributed by atoms with Crippen LogP contribution in [-0.2, 0) is 13.1 Å². The molecule has 1 aromatic carbocycles. The number of hydrogen-bond acceptors (Lipinski definition) is 4. The van der Waals surface area contributed by atoms with E-state index < -0.39 is 0 Å². The van der Waals surface area contributed by atoms with E-state index in [4.69, 9.17) is 0 Å². The standard InChI is InChI=1S/C20H27FN6/c1-22-20(24-13-16-3-6-18(21)7-4-16)25-15-17-5-8-19(23-14-17)27-11-9-26(2)10-12-27/h3-8,14H,9-13,15H2,1-2H3,(H2,22,24,25). The van der Waals surface area contributed by atoms with Gasteiger partial charge in [0, 0.05) is 52.5 Å². The summed E-state index contributed by atoms with van der Waals surface area (Å²) in [6.07, 6.45) is 1.91. The topological polar surface area (TPSA) is 55.8 Å². The molecule has 1 aliphatic rings. The first kappa shape index (κ1) is 19.1. The third-order valence-corrected chi connectivity index (χ3v) is 4.69. The molecule has 0 unspecified atom stereocenters. The van der Waals surface area contributed by atoms with Gasteiger partial charge in [-0.25, -0.2) is 9.37 Å². The number of guanidine groups is 1. The molecule has 1 fully saturated rings. The maximum atomic E-state index is 13.0. The number of anilines is 1. The summed E-state index contributed by atoms with van der Waals surface area (Å²) < 4.78 is 13.0. The van der Waals surface area contributed by atoms with E-state index in [1.807, 2.05) is 6.20 Å². The lowest BCUT2D eigenvalue weighted by Gasteiger charge is -2.33. The van der Waals surface area contributed by atoms with Crippen LogP contribution in [0.1, 0.15) is 11.1 Å². The van der Waals surface area contributed by atoms with E-state index in [9.17, 15) is 4.39 Å². The van der Waals surface area contributed by atoms with Crippen molar-refractivity contribution in [2.75, 3.05) is 45.2 Å². The Morgan fingerprint density at radius 3 is 2.22 bits per heavy atom. The smallest absolute Gasteiger partial charge is 0.191 e. The molecular formula is C20H27FN6. The predicted molar refractivity (Wildman–Crippen MR) is 107 cm³/mol. The summed E-state index contributed by atoms with van der Waals surface area (Å²) in [5, 5.41) is 6.50. The van der Waals surface area contributed by atoms with E-state index in [0.717, 1.165) is 43.1 Å². The number of piperazine rings is 1. The van der Waals surface area contributed by atoms with Gasteiger partial charge < -0.3 is 20.4 Å². The van der Waals surface area contributed by atoms with E-state index in [1.165, 1.54) is 12.1 Å². The fraction of sp³-hybridized carbons (Fsp3) is 0.400. The third-order valence-electron chi connectivity index (χ3n) is 4.69. The molecule has 0 saturated carbocycles. The van der Waals surface area contributed by atoms with Crippen LogP contribution >= 0.6 is 0 Å². The van der Waals surface area contributed by atoms with Gasteiger partial charge in [0.1, 0.15) is 11.6 Å². The number of rotatable bonds is 5. The SMILES string of the molecule is CN=C(NCc1ccc(F)cc1)NCc1ccc(N2CCN(C)CC2)nc1. The first-order chi connectivity index (χ1) is 13.1. The van der Waals surface area contributed by atoms with Gasteiger partial charge >= 0.3 is 0 Å². The lowest BCUT2D eigenvalue weighted by atomic mass is 10.2. The highest BCUT2D eigenvalue weighted by Gasteiger charge is 2.14. The summed E-state index contributed by atoms with van der Waals surface area (Å²) in [6, 6.07) is 10.6. The number of aliphatic imine (C=N–C) groups is 1. The van der Waals surface area contributed by atoms with Gasteiger partial charge in [0.15, 0.2) is 5.96 Å². The van der Waals surface area contributed by atoms with Crippen LogP contribution in [0.3, 0.4) is 0 Å². The Kier molecular flexibility index (Phi) is 6.59. The molecule has 27 heavy (non-hydrogen) atoms. The summed E-state index contributed by atoms with van der Waals surface area (Å²) in [7, 11) is 3.88. The minimum absolute atomic E-state index is 0.228. The van der Waals surface area contributed by atoms with Crippen molar-refractivity contribution in [1.82, 2.24) is 20.5 Å². The first-order valence-corrected chi connectivity index (χ1v) is 9.21. The van der Waals surface area contributed by atoms with Crippen molar-refractivity contribution in [3.8, 4) is 0 Å². The molecule has 1 aromatic heterocycles. The van der Waals surface area contributed by atoms with Crippen LogP contribution in [0.2, 0.25) is 0 Å². The van der Waals surface area contributed by atoms with Crippen LogP contribution in [0, 0.1) is 5.82 Å². The molecule has 2 heterocycles. The largest absolute Gasteiger partial charge is 0.354 e. The van der Waals surface area contributed by atoms with Gasteiger partial charge in [0.2, 0.25) is 0 Å². The Morgan fingerprint density at radius 2 is 1.63 bits per heavy atom. The highest BCUT2D eigenvalue weighted by molar-refractivity contribution is 5.79. The maximum absolute atomic E-state index is 13.0. The molecule has 0 spiro atoms. The summed E-state index contributed by atoms with van der Waals surface area (Å²) in [5.74, 6) is 1.50. The van der Waals surface area contributed by atoms with Gasteiger partial charge in [0.25, 0.3) is 0 Å². The Labute approximate surface area is 160 Å². The van der Waals surface area contributed by atoms with Crippen molar-refractivity contribution in [1.29, 1.82) is 0 Å². The molecule has 1 saturated heterocycles. The molecular weight excluding hydrogens is 343 g/mol. The maximum Gasteiger partial charge on any atom is 0.191 e. The number of nitrogens with one attached hydrogen (secondary N) is 2. The quantitative estimate of drug-likeness (QED) is 0.621. The highest BCUT2D eigenvalue weighted by Crippen LogP contribution is 2.13. The molecule has 144 valence electrons. The molecule has 0 atom stereocenters. The van der Waals surface area contributed by atoms with Crippen molar-refractivity contribution in [3.05, 3.63) is 59.5 Å². The molecule has 1 aliphatic heterocycles. The normalized spacial score (nSPS) is 15.7. The van der Waals surface area contributed by atoms with Gasteiger partial charge in [-0.3, -0.25) is 4.99 Å². The monoisotopic (exact) mass is 370 g/mol. The predicted octanol–water partition coefficient (Wildman–Crippen LogP) is 1.84. The lowest BCUT2D eigenvalue weighted by Crippen LogP contribution is -2.44. The first-order valence-electron chi connectivity index (χ1n) is 9.21. The molecule has 6 nitrogen and oxygen atoms in total. The Hall–Kier alpha value is -2.67. The second-order valence-corrected chi connectivity index (χ2v) is 6.72. The minimum atomic E-state index is -0.228. The number of halogens is 1. The van der Waals surface area contributed by atoms with Gasteiger partial charge in [-0.2, -0.15) is 0 Å². The van der Waals surface area contributed by atoms with Gasteiger partial charge in [-0.05, 0) is 36.4 Å². The molecule has 3 rings (SSSR count). The number of benzene rings is 1. The van der Waals surface area contributed by atoms with Crippen molar-refractivity contribution in [3.63, 3.8) is 0 Å². The van der Waals surface area contributed by atoms with Crippen molar-refractivity contribution in [2.24, 2.45) is 4.99 Å². The van der Waals surface area contributed by atoms with Gasteiger partial charge in [0.05, 0.1) is 0 Å². The number of nitrogens with zero attached hydrogens (tertiary/aromatic N) is 4. The van der Waals surface area contributed by atoms with E-state index in [2.05, 4.69) is 49.6 Å². The summed E-state index contributed by atoms with van der Waals surface area (Å²) in [5.41, 5.74) is 2.09. The van der Waals surface area contributed by atoms with Crippen LogP contribution in [0.15, 0.2) is 47.6 Å². The van der Waals surface area contributed by atoms with Gasteiger partial charge in [-0.15, -0.1) is 0 Å². The fourth-order valence-electron chi connectivity index (χ4n) is 2.94. The Bertz CT molecular complexity index is 736. The number of aromatic nitrogens is 1. The van der Waals surface area contributed by atoms with Gasteiger partial charge in [-0.1, -0.05) is 18.2 Å². The number of pyridine rings is 1. The zero-order chi connectivity index (χ0) is 19.1. The highest BCUT2D eigenvalue weighted by atomic mass is 19.1. The van der Waals surface area contributed by atoms with Crippen molar-refractivity contribution in [2.45, 2.75) is 13.1 Å². The second-order valence-electron chi connectivity index (χ2n) is 6.72. The van der Waals surface area contributed by atoms with Crippen LogP contribution in [0.25, 0.3) is 0 Å². The van der Waals surface area contributed by atoms with Crippen LogP contribution in [-0.4, -0.2) is 56.1 Å². The van der Waals surface area contributed by atoms with Crippen LogP contribution in [0.5, 0.6) is 0 Å². The third kappa shape index (κ3) is 5.65. The van der Waals surface area contributed by atoms with Crippen LogP contribution < -0.4 is 15.5 Å². The van der Waals surface area contributed by atoms with E-state index in [-0.39, 0.29) is 5.82 Å². The molecule has 0 amide bonds. The molecule has 2 N–H and O–H groups in total. The van der Waals surface area contributed by atoms with E-state index in [1.54, 1.807) is 19.2 Å². The van der Waals surface area contributed by atoms with Crippen molar-refractivity contribution < 1.29 is 4.39 Å². The lowest BCUT2D eigenvalue weighted by molar-refractivity contribution is 0.312. The summed E-state index contributed by atoms with van der Waals surface area (Å²) >= 11 is 0. The minimum Gasteiger partial charge on any atom is -0.354 e. The molecule has 0 radical (unpaired) electrons. The molecule has 7 heteroatoms. The fourth-order valence-corrected chi connectivity index (χ4v) is 2.94. The van der Waals surface area contributed by atoms with Crippen molar-refractivity contribution >= 4 is 11.8 Å². The van der Waals surface area contributed by atoms with E-state index in [0.29, 0.717) is 19.0 Å². The average Bonchev–Trinajstić information content (AvgIpc) is 2.70. The average molecular weight is 370 g/mol. The Balaban J connectivity index is 1.47. The summed E-state index contributed by atoms with van der Waals surface area (Å²) in [4.78, 5) is 13.5.